The monoisotopic (exact) mass is 249 g/mol. The standard InChI is InChI=1S/C12H27NO2S/c1-6-8-13-12(7-2)11(5)16(14,15)9-10(3)4/h10-13H,6-9H2,1-5H3. The van der Waals surface area contributed by atoms with Crippen molar-refractivity contribution in [1.29, 1.82) is 0 Å². The third kappa shape index (κ3) is 5.30. The highest BCUT2D eigenvalue weighted by Gasteiger charge is 2.28. The molecule has 0 aromatic carbocycles. The Balaban J connectivity index is 4.53. The Morgan fingerprint density at radius 1 is 1.12 bits per heavy atom. The molecule has 0 aliphatic rings. The first-order valence-electron chi connectivity index (χ1n) is 6.30. The zero-order valence-corrected chi connectivity index (χ0v) is 12.1. The molecule has 0 saturated heterocycles. The van der Waals surface area contributed by atoms with Gasteiger partial charge in [0.15, 0.2) is 9.84 Å². The molecular formula is C12H27NO2S. The fourth-order valence-corrected chi connectivity index (χ4v) is 3.86. The van der Waals surface area contributed by atoms with Gasteiger partial charge in [0.2, 0.25) is 0 Å². The maximum Gasteiger partial charge on any atom is 0.154 e. The molecule has 0 aromatic rings. The normalized spacial score (nSPS) is 16.4. The van der Waals surface area contributed by atoms with Crippen molar-refractivity contribution >= 4 is 9.84 Å². The second-order valence-electron chi connectivity index (χ2n) is 4.90. The Morgan fingerprint density at radius 2 is 1.69 bits per heavy atom. The van der Waals surface area contributed by atoms with Gasteiger partial charge in [-0.25, -0.2) is 8.42 Å². The summed E-state index contributed by atoms with van der Waals surface area (Å²) in [5.74, 6) is 0.495. The topological polar surface area (TPSA) is 46.2 Å². The predicted molar refractivity (Wildman–Crippen MR) is 70.5 cm³/mol. The number of sulfone groups is 1. The molecule has 0 aliphatic carbocycles. The smallest absolute Gasteiger partial charge is 0.154 e. The van der Waals surface area contributed by atoms with Crippen molar-refractivity contribution in [2.75, 3.05) is 12.3 Å². The summed E-state index contributed by atoms with van der Waals surface area (Å²) < 4.78 is 24.1. The molecular weight excluding hydrogens is 222 g/mol. The molecule has 0 aliphatic heterocycles. The summed E-state index contributed by atoms with van der Waals surface area (Å²) in [7, 11) is -2.96. The SMILES string of the molecule is CCCNC(CC)C(C)S(=O)(=O)CC(C)C. The predicted octanol–water partition coefficient (Wildman–Crippen LogP) is 2.22. The van der Waals surface area contributed by atoms with Crippen molar-refractivity contribution in [2.24, 2.45) is 5.92 Å². The fraction of sp³-hybridized carbons (Fsp3) is 1.00. The van der Waals surface area contributed by atoms with Crippen LogP contribution in [-0.2, 0) is 9.84 Å². The Hall–Kier alpha value is -0.0900. The molecule has 0 aromatic heterocycles. The zero-order valence-electron chi connectivity index (χ0n) is 11.3. The molecule has 0 bridgehead atoms. The van der Waals surface area contributed by atoms with E-state index in [-0.39, 0.29) is 17.2 Å². The van der Waals surface area contributed by atoms with Crippen LogP contribution in [0.2, 0.25) is 0 Å². The molecule has 0 amide bonds. The molecule has 0 rings (SSSR count). The van der Waals surface area contributed by atoms with Crippen molar-refractivity contribution in [3.63, 3.8) is 0 Å². The van der Waals surface area contributed by atoms with Crippen LogP contribution in [0.3, 0.4) is 0 Å². The Morgan fingerprint density at radius 3 is 2.06 bits per heavy atom. The van der Waals surface area contributed by atoms with E-state index in [0.29, 0.717) is 5.75 Å². The first kappa shape index (κ1) is 15.9. The van der Waals surface area contributed by atoms with E-state index >= 15 is 0 Å². The van der Waals surface area contributed by atoms with Gasteiger partial charge in [-0.1, -0.05) is 27.7 Å². The lowest BCUT2D eigenvalue weighted by Gasteiger charge is -2.24. The second kappa shape index (κ2) is 7.28. The van der Waals surface area contributed by atoms with E-state index in [1.54, 1.807) is 0 Å². The minimum atomic E-state index is -2.96. The Labute approximate surface area is 101 Å². The minimum Gasteiger partial charge on any atom is -0.313 e. The summed E-state index contributed by atoms with van der Waals surface area (Å²) in [6.45, 7) is 10.7. The van der Waals surface area contributed by atoms with Gasteiger partial charge in [-0.3, -0.25) is 0 Å². The molecule has 98 valence electrons. The summed E-state index contributed by atoms with van der Waals surface area (Å²) in [4.78, 5) is 0. The molecule has 3 nitrogen and oxygen atoms in total. The molecule has 4 heteroatoms. The highest BCUT2D eigenvalue weighted by Crippen LogP contribution is 2.13. The molecule has 0 radical (unpaired) electrons. The van der Waals surface area contributed by atoms with Gasteiger partial charge in [0.05, 0.1) is 11.0 Å². The summed E-state index contributed by atoms with van der Waals surface area (Å²) in [5, 5.41) is 3.03. The highest BCUT2D eigenvalue weighted by molar-refractivity contribution is 7.92. The van der Waals surface area contributed by atoms with E-state index < -0.39 is 9.84 Å². The van der Waals surface area contributed by atoms with Gasteiger partial charge in [0.25, 0.3) is 0 Å². The van der Waals surface area contributed by atoms with Crippen LogP contribution in [0.4, 0.5) is 0 Å². The number of hydrogen-bond donors (Lipinski definition) is 1. The van der Waals surface area contributed by atoms with Crippen LogP contribution in [0.5, 0.6) is 0 Å². The van der Waals surface area contributed by atoms with Gasteiger partial charge in [-0.15, -0.1) is 0 Å². The van der Waals surface area contributed by atoms with E-state index in [4.69, 9.17) is 0 Å². The molecule has 0 saturated carbocycles. The first-order chi connectivity index (χ1) is 7.35. The maximum atomic E-state index is 12.1. The van der Waals surface area contributed by atoms with Crippen molar-refractivity contribution in [3.8, 4) is 0 Å². The third-order valence-corrected chi connectivity index (χ3v) is 5.39. The van der Waals surface area contributed by atoms with Gasteiger partial charge < -0.3 is 5.32 Å². The van der Waals surface area contributed by atoms with Gasteiger partial charge in [-0.05, 0) is 32.2 Å². The van der Waals surface area contributed by atoms with Crippen molar-refractivity contribution in [1.82, 2.24) is 5.32 Å². The number of hydrogen-bond acceptors (Lipinski definition) is 3. The van der Waals surface area contributed by atoms with Crippen molar-refractivity contribution in [3.05, 3.63) is 0 Å². The van der Waals surface area contributed by atoms with Gasteiger partial charge >= 0.3 is 0 Å². The third-order valence-electron chi connectivity index (χ3n) is 2.80. The van der Waals surface area contributed by atoms with Crippen molar-refractivity contribution < 1.29 is 8.42 Å². The molecule has 2 unspecified atom stereocenters. The van der Waals surface area contributed by atoms with E-state index in [1.165, 1.54) is 0 Å². The summed E-state index contributed by atoms with van der Waals surface area (Å²) in [6.07, 6.45) is 1.89. The van der Waals surface area contributed by atoms with E-state index in [1.807, 2.05) is 27.7 Å². The second-order valence-corrected chi connectivity index (χ2v) is 7.30. The van der Waals surface area contributed by atoms with Crippen LogP contribution in [0.1, 0.15) is 47.5 Å². The lowest BCUT2D eigenvalue weighted by atomic mass is 10.1. The minimum absolute atomic E-state index is 0.0868. The Bertz CT molecular complexity index is 273. The zero-order chi connectivity index (χ0) is 12.8. The summed E-state index contributed by atoms with van der Waals surface area (Å²) in [5.41, 5.74) is 0. The molecule has 0 heterocycles. The largest absolute Gasteiger partial charge is 0.313 e. The number of nitrogens with one attached hydrogen (secondary N) is 1. The average molecular weight is 249 g/mol. The summed E-state index contributed by atoms with van der Waals surface area (Å²) in [6, 6.07) is 0.0868. The van der Waals surface area contributed by atoms with Crippen LogP contribution in [0.15, 0.2) is 0 Å². The van der Waals surface area contributed by atoms with Crippen LogP contribution in [0.25, 0.3) is 0 Å². The van der Waals surface area contributed by atoms with E-state index in [9.17, 15) is 8.42 Å². The summed E-state index contributed by atoms with van der Waals surface area (Å²) >= 11 is 0. The Kier molecular flexibility index (Phi) is 7.24. The molecule has 0 fully saturated rings. The number of rotatable bonds is 8. The first-order valence-corrected chi connectivity index (χ1v) is 8.01. The van der Waals surface area contributed by atoms with E-state index in [2.05, 4.69) is 12.2 Å². The lowest BCUT2D eigenvalue weighted by molar-refractivity contribution is 0.469. The fourth-order valence-electron chi connectivity index (χ4n) is 1.84. The van der Waals surface area contributed by atoms with E-state index in [0.717, 1.165) is 19.4 Å². The highest BCUT2D eigenvalue weighted by atomic mass is 32.2. The van der Waals surface area contributed by atoms with Crippen LogP contribution in [-0.4, -0.2) is 32.0 Å². The van der Waals surface area contributed by atoms with Gasteiger partial charge in [0, 0.05) is 6.04 Å². The molecule has 2 atom stereocenters. The van der Waals surface area contributed by atoms with Crippen LogP contribution < -0.4 is 5.32 Å². The molecule has 1 N–H and O–H groups in total. The molecule has 0 spiro atoms. The quantitative estimate of drug-likeness (QED) is 0.717. The molecule has 16 heavy (non-hydrogen) atoms. The lowest BCUT2D eigenvalue weighted by Crippen LogP contribution is -2.43. The van der Waals surface area contributed by atoms with Gasteiger partial charge in [-0.2, -0.15) is 0 Å². The average Bonchev–Trinajstić information content (AvgIpc) is 2.16. The van der Waals surface area contributed by atoms with Gasteiger partial charge in [0.1, 0.15) is 0 Å². The van der Waals surface area contributed by atoms with Crippen LogP contribution >= 0.6 is 0 Å². The van der Waals surface area contributed by atoms with Crippen LogP contribution in [0, 0.1) is 5.92 Å². The van der Waals surface area contributed by atoms with Crippen molar-refractivity contribution in [2.45, 2.75) is 58.8 Å². The maximum absolute atomic E-state index is 12.1.